The number of carbonyl (C=O) groups is 1. The SMILES string of the molecule is COc1cc(C(C)NC(C)C(=O)O)cc(OC)c1OC. The van der Waals surface area contributed by atoms with Gasteiger partial charge in [-0.05, 0) is 31.5 Å². The smallest absolute Gasteiger partial charge is 0.320 e. The van der Waals surface area contributed by atoms with Crippen molar-refractivity contribution in [2.45, 2.75) is 25.9 Å². The van der Waals surface area contributed by atoms with Gasteiger partial charge in [-0.2, -0.15) is 0 Å². The Kier molecular flexibility index (Phi) is 5.64. The standard InChI is InChI=1S/C14H21NO5/c1-8(15-9(2)14(16)17)10-6-11(18-3)13(20-5)12(7-10)19-4/h6-9,15H,1-5H3,(H,16,17). The van der Waals surface area contributed by atoms with Gasteiger partial charge in [-0.25, -0.2) is 0 Å². The maximum atomic E-state index is 10.9. The summed E-state index contributed by atoms with van der Waals surface area (Å²) >= 11 is 0. The molecule has 0 radical (unpaired) electrons. The third-order valence-corrected chi connectivity index (χ3v) is 3.06. The largest absolute Gasteiger partial charge is 0.493 e. The number of carboxylic acids is 1. The van der Waals surface area contributed by atoms with Crippen LogP contribution < -0.4 is 19.5 Å². The maximum absolute atomic E-state index is 10.9. The van der Waals surface area contributed by atoms with Gasteiger partial charge in [0.05, 0.1) is 21.3 Å². The molecule has 0 fully saturated rings. The average Bonchev–Trinajstić information content (AvgIpc) is 2.45. The molecule has 6 nitrogen and oxygen atoms in total. The Labute approximate surface area is 118 Å². The van der Waals surface area contributed by atoms with Gasteiger partial charge in [0.15, 0.2) is 11.5 Å². The molecule has 0 aromatic heterocycles. The van der Waals surface area contributed by atoms with Crippen molar-refractivity contribution in [3.63, 3.8) is 0 Å². The number of methoxy groups -OCH3 is 3. The molecule has 0 aliphatic rings. The Balaban J connectivity index is 3.09. The van der Waals surface area contributed by atoms with Gasteiger partial charge >= 0.3 is 5.97 Å². The number of carboxylic acid groups (broad SMARTS) is 1. The Bertz CT molecular complexity index is 450. The predicted octanol–water partition coefficient (Wildman–Crippen LogP) is 1.84. The highest BCUT2D eigenvalue weighted by Crippen LogP contribution is 2.39. The quantitative estimate of drug-likeness (QED) is 0.795. The lowest BCUT2D eigenvalue weighted by atomic mass is 10.1. The van der Waals surface area contributed by atoms with Gasteiger partial charge in [0, 0.05) is 6.04 Å². The number of aliphatic carboxylic acids is 1. The highest BCUT2D eigenvalue weighted by molar-refractivity contribution is 5.72. The minimum atomic E-state index is -0.899. The fourth-order valence-electron chi connectivity index (χ4n) is 1.89. The Morgan fingerprint density at radius 3 is 1.95 bits per heavy atom. The van der Waals surface area contributed by atoms with Crippen molar-refractivity contribution in [1.82, 2.24) is 5.32 Å². The summed E-state index contributed by atoms with van der Waals surface area (Å²) in [6.07, 6.45) is 0. The third-order valence-electron chi connectivity index (χ3n) is 3.06. The van der Waals surface area contributed by atoms with Crippen molar-refractivity contribution < 1.29 is 24.1 Å². The molecule has 2 unspecified atom stereocenters. The third kappa shape index (κ3) is 3.54. The van der Waals surface area contributed by atoms with Gasteiger partial charge in [-0.3, -0.25) is 10.1 Å². The van der Waals surface area contributed by atoms with Crippen LogP contribution in [0.25, 0.3) is 0 Å². The van der Waals surface area contributed by atoms with Gasteiger partial charge < -0.3 is 19.3 Å². The second-order valence-electron chi connectivity index (χ2n) is 4.41. The van der Waals surface area contributed by atoms with E-state index in [1.54, 1.807) is 33.3 Å². The van der Waals surface area contributed by atoms with E-state index in [1.165, 1.54) is 7.11 Å². The lowest BCUT2D eigenvalue weighted by Crippen LogP contribution is -2.35. The van der Waals surface area contributed by atoms with E-state index in [9.17, 15) is 4.79 Å². The van der Waals surface area contributed by atoms with Crippen molar-refractivity contribution in [2.24, 2.45) is 0 Å². The molecule has 0 amide bonds. The lowest BCUT2D eigenvalue weighted by Gasteiger charge is -2.20. The fourth-order valence-corrected chi connectivity index (χ4v) is 1.89. The van der Waals surface area contributed by atoms with E-state index < -0.39 is 12.0 Å². The van der Waals surface area contributed by atoms with Gasteiger partial charge in [0.1, 0.15) is 6.04 Å². The zero-order chi connectivity index (χ0) is 15.3. The number of benzene rings is 1. The zero-order valence-electron chi connectivity index (χ0n) is 12.4. The normalized spacial score (nSPS) is 13.4. The van der Waals surface area contributed by atoms with Crippen LogP contribution in [0.5, 0.6) is 17.2 Å². The van der Waals surface area contributed by atoms with E-state index in [0.717, 1.165) is 5.56 Å². The Morgan fingerprint density at radius 1 is 1.10 bits per heavy atom. The highest BCUT2D eigenvalue weighted by Gasteiger charge is 2.19. The van der Waals surface area contributed by atoms with E-state index in [-0.39, 0.29) is 6.04 Å². The fraction of sp³-hybridized carbons (Fsp3) is 0.500. The molecule has 1 aromatic rings. The molecule has 2 atom stereocenters. The number of hydrogen-bond acceptors (Lipinski definition) is 5. The summed E-state index contributed by atoms with van der Waals surface area (Å²) < 4.78 is 15.8. The molecule has 0 bridgehead atoms. The monoisotopic (exact) mass is 283 g/mol. The molecular weight excluding hydrogens is 262 g/mol. The lowest BCUT2D eigenvalue weighted by molar-refractivity contribution is -0.139. The molecule has 0 spiro atoms. The number of hydrogen-bond donors (Lipinski definition) is 2. The van der Waals surface area contributed by atoms with Crippen LogP contribution in [0.2, 0.25) is 0 Å². The van der Waals surface area contributed by atoms with E-state index >= 15 is 0 Å². The van der Waals surface area contributed by atoms with Crippen LogP contribution in [0, 0.1) is 0 Å². The maximum Gasteiger partial charge on any atom is 0.320 e. The molecule has 1 rings (SSSR count). The molecule has 0 aliphatic carbocycles. The highest BCUT2D eigenvalue weighted by atomic mass is 16.5. The summed E-state index contributed by atoms with van der Waals surface area (Å²) in [6.45, 7) is 3.47. The first kappa shape index (κ1) is 16.1. The van der Waals surface area contributed by atoms with E-state index in [0.29, 0.717) is 17.2 Å². The van der Waals surface area contributed by atoms with Crippen LogP contribution in [0.3, 0.4) is 0 Å². The Morgan fingerprint density at radius 2 is 1.60 bits per heavy atom. The predicted molar refractivity (Wildman–Crippen MR) is 74.7 cm³/mol. The van der Waals surface area contributed by atoms with Crippen molar-refractivity contribution in [2.75, 3.05) is 21.3 Å². The van der Waals surface area contributed by atoms with Crippen LogP contribution in [-0.2, 0) is 4.79 Å². The summed E-state index contributed by atoms with van der Waals surface area (Å²) in [5, 5.41) is 11.9. The van der Waals surface area contributed by atoms with Crippen molar-refractivity contribution in [1.29, 1.82) is 0 Å². The van der Waals surface area contributed by atoms with Gasteiger partial charge in [-0.1, -0.05) is 0 Å². The number of nitrogens with one attached hydrogen (secondary N) is 1. The molecule has 0 saturated heterocycles. The molecule has 112 valence electrons. The van der Waals surface area contributed by atoms with Crippen molar-refractivity contribution in [3.05, 3.63) is 17.7 Å². The van der Waals surface area contributed by atoms with Crippen LogP contribution >= 0.6 is 0 Å². The first-order valence-corrected chi connectivity index (χ1v) is 6.23. The first-order valence-electron chi connectivity index (χ1n) is 6.23. The van der Waals surface area contributed by atoms with E-state index in [2.05, 4.69) is 5.32 Å². The molecule has 1 aromatic carbocycles. The van der Waals surface area contributed by atoms with Crippen LogP contribution in [-0.4, -0.2) is 38.4 Å². The average molecular weight is 283 g/mol. The summed E-state index contributed by atoms with van der Waals surface area (Å²) in [5.41, 5.74) is 0.854. The molecule has 0 heterocycles. The Hall–Kier alpha value is -1.95. The number of ether oxygens (including phenoxy) is 3. The minimum absolute atomic E-state index is 0.171. The second kappa shape index (κ2) is 7.00. The van der Waals surface area contributed by atoms with Gasteiger partial charge in [-0.15, -0.1) is 0 Å². The summed E-state index contributed by atoms with van der Waals surface area (Å²) in [7, 11) is 4.62. The minimum Gasteiger partial charge on any atom is -0.493 e. The van der Waals surface area contributed by atoms with Crippen molar-refractivity contribution in [3.8, 4) is 17.2 Å². The van der Waals surface area contributed by atoms with Crippen LogP contribution in [0.15, 0.2) is 12.1 Å². The summed E-state index contributed by atoms with van der Waals surface area (Å²) in [4.78, 5) is 10.9. The topological polar surface area (TPSA) is 77.0 Å². The second-order valence-corrected chi connectivity index (χ2v) is 4.41. The summed E-state index contributed by atoms with van der Waals surface area (Å²) in [6, 6.07) is 2.78. The summed E-state index contributed by atoms with van der Waals surface area (Å²) in [5.74, 6) is 0.693. The zero-order valence-corrected chi connectivity index (χ0v) is 12.4. The number of rotatable bonds is 7. The van der Waals surface area contributed by atoms with Gasteiger partial charge in [0.2, 0.25) is 5.75 Å². The molecule has 0 saturated carbocycles. The van der Waals surface area contributed by atoms with Crippen LogP contribution in [0.1, 0.15) is 25.5 Å². The molecular formula is C14H21NO5. The van der Waals surface area contributed by atoms with Gasteiger partial charge in [0.25, 0.3) is 0 Å². The molecule has 0 aliphatic heterocycles. The molecule has 6 heteroatoms. The van der Waals surface area contributed by atoms with Crippen molar-refractivity contribution >= 4 is 5.97 Å². The molecule has 20 heavy (non-hydrogen) atoms. The van der Waals surface area contributed by atoms with Crippen LogP contribution in [0.4, 0.5) is 0 Å². The van der Waals surface area contributed by atoms with E-state index in [1.807, 2.05) is 6.92 Å². The first-order chi connectivity index (χ1) is 9.44. The molecule has 2 N–H and O–H groups in total. The van der Waals surface area contributed by atoms with E-state index in [4.69, 9.17) is 19.3 Å².